The van der Waals surface area contributed by atoms with Crippen molar-refractivity contribution in [1.29, 1.82) is 0 Å². The van der Waals surface area contributed by atoms with Crippen molar-refractivity contribution in [2.75, 3.05) is 0 Å². The maximum absolute atomic E-state index is 4.06. The fraction of sp³-hybridized carbons (Fsp3) is 0.833. The molecule has 0 amide bonds. The van der Waals surface area contributed by atoms with Crippen molar-refractivity contribution in [2.24, 2.45) is 0 Å². The third kappa shape index (κ3) is 12.7. The van der Waals surface area contributed by atoms with E-state index in [1.54, 1.807) is 0 Å². The standard InChI is InChI=1S/C6H16Si2.Y/c1-7(2)6-8(3,4)5;/h1,6H2,2-5H3;/q-1;+3. The third-order valence-corrected chi connectivity index (χ3v) is 7.49. The van der Waals surface area contributed by atoms with Gasteiger partial charge in [0.15, 0.2) is 0 Å². The largest absolute Gasteiger partial charge is 3.00 e. The summed E-state index contributed by atoms with van der Waals surface area (Å²) < 4.78 is 0. The molecular formula is C6H16Si2Y+2. The monoisotopic (exact) mass is 233 g/mol. The number of hydrogen-bond acceptors (Lipinski definition) is 0. The predicted octanol–water partition coefficient (Wildman–Crippen LogP) is 2.36. The SMILES string of the molecule is [CH2-][Si](C)C[Si](C)(C)C.[Y+3]. The van der Waals surface area contributed by atoms with Gasteiger partial charge in [0.2, 0.25) is 0 Å². The second-order valence-corrected chi connectivity index (χ2v) is 12.1. The molecule has 0 fully saturated rings. The van der Waals surface area contributed by atoms with Crippen LogP contribution < -0.4 is 0 Å². The van der Waals surface area contributed by atoms with Crippen molar-refractivity contribution in [2.45, 2.75) is 31.9 Å². The molecule has 0 nitrogen and oxygen atoms in total. The molecule has 0 atom stereocenters. The first-order chi connectivity index (χ1) is 3.42. The summed E-state index contributed by atoms with van der Waals surface area (Å²) in [5, 5.41) is 0. The zero-order chi connectivity index (χ0) is 6.78. The summed E-state index contributed by atoms with van der Waals surface area (Å²) in [7, 11) is -0.918. The van der Waals surface area contributed by atoms with Crippen LogP contribution in [0.3, 0.4) is 0 Å². The zero-order valence-electron chi connectivity index (χ0n) is 6.99. The third-order valence-electron chi connectivity index (χ3n) is 0.832. The van der Waals surface area contributed by atoms with E-state index in [-0.39, 0.29) is 41.5 Å². The summed E-state index contributed by atoms with van der Waals surface area (Å²) in [6.07, 6.45) is 0. The molecule has 3 heteroatoms. The van der Waals surface area contributed by atoms with Gasteiger partial charge in [-0.25, -0.2) is 0 Å². The first-order valence-electron chi connectivity index (χ1n) is 3.06. The summed E-state index contributed by atoms with van der Waals surface area (Å²) in [5.41, 5.74) is 1.46. The van der Waals surface area contributed by atoms with Gasteiger partial charge in [-0.05, 0) is 0 Å². The van der Waals surface area contributed by atoms with Crippen molar-refractivity contribution < 1.29 is 32.7 Å². The Labute approximate surface area is 87.3 Å². The quantitative estimate of drug-likeness (QED) is 0.507. The Morgan fingerprint density at radius 1 is 1.33 bits per heavy atom. The summed E-state index contributed by atoms with van der Waals surface area (Å²) in [5.74, 6) is 0. The topological polar surface area (TPSA) is 0 Å². The molecule has 0 aliphatic carbocycles. The molecule has 0 saturated carbocycles. The minimum Gasteiger partial charge on any atom is -0.346 e. The molecule has 0 saturated heterocycles. The summed E-state index contributed by atoms with van der Waals surface area (Å²) in [4.78, 5) is 0. The smallest absolute Gasteiger partial charge is 0.346 e. The number of rotatable bonds is 2. The fourth-order valence-electron chi connectivity index (χ4n) is 0.905. The van der Waals surface area contributed by atoms with Crippen LogP contribution in [-0.2, 0) is 32.7 Å². The molecule has 0 aliphatic heterocycles. The molecule has 0 bridgehead atoms. The average molecular weight is 233 g/mol. The Morgan fingerprint density at radius 2 is 1.67 bits per heavy atom. The Kier molecular flexibility index (Phi) is 7.63. The molecule has 0 aromatic rings. The van der Waals surface area contributed by atoms with E-state index in [0.717, 1.165) is 0 Å². The Balaban J connectivity index is 0. The van der Waals surface area contributed by atoms with E-state index in [1.807, 2.05) is 0 Å². The second-order valence-electron chi connectivity index (χ2n) is 3.69. The molecule has 0 aromatic carbocycles. The maximum Gasteiger partial charge on any atom is 3.00 e. The van der Waals surface area contributed by atoms with E-state index in [1.165, 1.54) is 5.67 Å². The van der Waals surface area contributed by atoms with Crippen LogP contribution in [0.15, 0.2) is 0 Å². The van der Waals surface area contributed by atoms with Gasteiger partial charge in [0.1, 0.15) is 0 Å². The number of hydrogen-bond donors (Lipinski definition) is 0. The van der Waals surface area contributed by atoms with Gasteiger partial charge in [0.05, 0.1) is 0 Å². The Hall–Kier alpha value is 1.54. The molecule has 1 radical (unpaired) electrons. The van der Waals surface area contributed by atoms with Crippen molar-refractivity contribution >= 4 is 16.9 Å². The van der Waals surface area contributed by atoms with Crippen molar-refractivity contribution in [3.63, 3.8) is 0 Å². The van der Waals surface area contributed by atoms with E-state index in [0.29, 0.717) is 0 Å². The summed E-state index contributed by atoms with van der Waals surface area (Å²) in [6, 6.07) is 0. The zero-order valence-corrected chi connectivity index (χ0v) is 11.8. The molecule has 0 spiro atoms. The molecular weight excluding hydrogens is 217 g/mol. The van der Waals surface area contributed by atoms with E-state index in [2.05, 4.69) is 32.7 Å². The van der Waals surface area contributed by atoms with Crippen LogP contribution in [0.25, 0.3) is 0 Å². The minimum absolute atomic E-state index is 0. The normalized spacial score (nSPS) is 11.3. The summed E-state index contributed by atoms with van der Waals surface area (Å²) in [6.45, 7) is 13.6. The summed E-state index contributed by atoms with van der Waals surface area (Å²) >= 11 is 0. The van der Waals surface area contributed by atoms with Gasteiger partial charge in [0, 0.05) is 8.07 Å². The van der Waals surface area contributed by atoms with Gasteiger partial charge in [-0.2, -0.15) is 0 Å². The fourth-order valence-corrected chi connectivity index (χ4v) is 8.15. The van der Waals surface area contributed by atoms with E-state index in [4.69, 9.17) is 0 Å². The van der Waals surface area contributed by atoms with Crippen LogP contribution in [-0.4, -0.2) is 16.9 Å². The molecule has 0 aliphatic rings. The molecule has 0 unspecified atom stereocenters. The predicted molar refractivity (Wildman–Crippen MR) is 45.1 cm³/mol. The van der Waals surface area contributed by atoms with E-state index >= 15 is 0 Å². The van der Waals surface area contributed by atoms with Crippen LogP contribution in [0.5, 0.6) is 0 Å². The molecule has 0 heterocycles. The second kappa shape index (κ2) is 5.22. The van der Waals surface area contributed by atoms with Crippen LogP contribution in [0, 0.1) is 6.55 Å². The molecule has 0 N–H and O–H groups in total. The van der Waals surface area contributed by atoms with Gasteiger partial charge < -0.3 is 6.55 Å². The van der Waals surface area contributed by atoms with Crippen LogP contribution in [0.1, 0.15) is 0 Å². The van der Waals surface area contributed by atoms with Gasteiger partial charge in [-0.15, -0.1) is 8.80 Å². The molecule has 49 valence electrons. The minimum atomic E-state index is -0.738. The molecule has 0 aromatic heterocycles. The van der Waals surface area contributed by atoms with Gasteiger partial charge in [0.25, 0.3) is 0 Å². The van der Waals surface area contributed by atoms with Crippen LogP contribution in [0.4, 0.5) is 0 Å². The van der Waals surface area contributed by atoms with Gasteiger partial charge in [-0.3, -0.25) is 0 Å². The van der Waals surface area contributed by atoms with E-state index < -0.39 is 8.07 Å². The molecule has 9 heavy (non-hydrogen) atoms. The van der Waals surface area contributed by atoms with Gasteiger partial charge >= 0.3 is 32.7 Å². The first-order valence-corrected chi connectivity index (χ1v) is 9.18. The Morgan fingerprint density at radius 3 is 1.67 bits per heavy atom. The maximum atomic E-state index is 4.06. The van der Waals surface area contributed by atoms with Crippen LogP contribution >= 0.6 is 0 Å². The van der Waals surface area contributed by atoms with Gasteiger partial charge in [-0.1, -0.05) is 31.9 Å². The van der Waals surface area contributed by atoms with Crippen molar-refractivity contribution in [3.8, 4) is 0 Å². The van der Waals surface area contributed by atoms with E-state index in [9.17, 15) is 0 Å². The molecule has 0 rings (SSSR count). The average Bonchev–Trinajstić information content (AvgIpc) is 1.21. The Bertz CT molecular complexity index is 65.9. The van der Waals surface area contributed by atoms with Crippen LogP contribution in [0.2, 0.25) is 31.9 Å². The van der Waals surface area contributed by atoms with Crippen molar-refractivity contribution in [1.82, 2.24) is 0 Å². The first kappa shape index (κ1) is 13.2. The van der Waals surface area contributed by atoms with Crippen molar-refractivity contribution in [3.05, 3.63) is 6.55 Å².